The van der Waals surface area contributed by atoms with Gasteiger partial charge in [-0.25, -0.2) is 14.1 Å². The van der Waals surface area contributed by atoms with Crippen LogP contribution in [0.15, 0.2) is 54.6 Å². The van der Waals surface area contributed by atoms with Gasteiger partial charge in [0.05, 0.1) is 20.6 Å². The number of nitrogens with zero attached hydrogens (tertiary/aromatic N) is 3. The van der Waals surface area contributed by atoms with Gasteiger partial charge in [-0.2, -0.15) is 5.10 Å². The lowest BCUT2D eigenvalue weighted by Crippen LogP contribution is -1.96. The lowest BCUT2D eigenvalue weighted by atomic mass is 10.0. The maximum Gasteiger partial charge on any atom is 0.186 e. The van der Waals surface area contributed by atoms with Gasteiger partial charge in [0.15, 0.2) is 11.6 Å². The molecule has 0 amide bonds. The predicted molar refractivity (Wildman–Crippen MR) is 121 cm³/mol. The molecule has 1 heterocycles. The van der Waals surface area contributed by atoms with Crippen molar-refractivity contribution in [3.63, 3.8) is 0 Å². The fourth-order valence-electron chi connectivity index (χ4n) is 3.15. The lowest BCUT2D eigenvalue weighted by Gasteiger charge is -2.08. The summed E-state index contributed by atoms with van der Waals surface area (Å²) in [5, 5.41) is 6.17. The molecular weight excluding hydrogens is 467 g/mol. The number of halogens is 5. The minimum absolute atomic E-state index is 0.170. The van der Waals surface area contributed by atoms with Crippen molar-refractivity contribution in [1.29, 1.82) is 0 Å². The van der Waals surface area contributed by atoms with E-state index in [2.05, 4.69) is 10.1 Å². The summed E-state index contributed by atoms with van der Waals surface area (Å²) in [5.41, 5.74) is 2.85. The Morgan fingerprint density at radius 2 is 1.67 bits per heavy atom. The van der Waals surface area contributed by atoms with Gasteiger partial charge in [-0.05, 0) is 47.9 Å². The van der Waals surface area contributed by atoms with E-state index in [0.717, 1.165) is 16.7 Å². The van der Waals surface area contributed by atoms with Crippen LogP contribution >= 0.6 is 46.4 Å². The summed E-state index contributed by atoms with van der Waals surface area (Å²) < 4.78 is 15.8. The fourth-order valence-corrected chi connectivity index (χ4v) is 3.97. The first-order chi connectivity index (χ1) is 14.3. The molecule has 0 atom stereocenters. The van der Waals surface area contributed by atoms with E-state index in [0.29, 0.717) is 27.3 Å². The minimum Gasteiger partial charge on any atom is -0.248 e. The zero-order valence-corrected chi connectivity index (χ0v) is 18.7. The summed E-state index contributed by atoms with van der Waals surface area (Å²) in [6.07, 6.45) is 0.602. The minimum atomic E-state index is -0.477. The van der Waals surface area contributed by atoms with E-state index in [1.807, 2.05) is 30.3 Å². The van der Waals surface area contributed by atoms with Crippen molar-refractivity contribution in [3.8, 4) is 22.8 Å². The Morgan fingerprint density at radius 3 is 2.37 bits per heavy atom. The Bertz CT molecular complexity index is 1230. The van der Waals surface area contributed by atoms with Gasteiger partial charge in [-0.15, -0.1) is 0 Å². The maximum absolute atomic E-state index is 14.2. The summed E-state index contributed by atoms with van der Waals surface area (Å²) in [6.45, 7) is 0. The average molecular weight is 481 g/mol. The quantitative estimate of drug-likeness (QED) is 0.303. The van der Waals surface area contributed by atoms with Crippen molar-refractivity contribution in [2.24, 2.45) is 7.05 Å². The number of hydrogen-bond donors (Lipinski definition) is 0. The molecule has 0 aliphatic rings. The monoisotopic (exact) mass is 479 g/mol. The Balaban J connectivity index is 1.66. The SMILES string of the molecule is Cn1nc(-c2c(F)cccc2Cl)nc1-c1ccc(Cc2ccc(Cl)c(Cl)c2)c(Cl)c1. The molecule has 0 unspecified atom stereocenters. The van der Waals surface area contributed by atoms with Crippen LogP contribution in [-0.2, 0) is 13.5 Å². The van der Waals surface area contributed by atoms with E-state index in [4.69, 9.17) is 46.4 Å². The predicted octanol–water partition coefficient (Wildman–Crippen LogP) is 7.49. The third-order valence-corrected chi connectivity index (χ3v) is 6.05. The molecular formula is C22H14Cl4FN3. The molecule has 3 aromatic carbocycles. The van der Waals surface area contributed by atoms with Gasteiger partial charge in [-0.1, -0.05) is 70.7 Å². The molecule has 30 heavy (non-hydrogen) atoms. The average Bonchev–Trinajstić information content (AvgIpc) is 3.07. The largest absolute Gasteiger partial charge is 0.248 e. The van der Waals surface area contributed by atoms with Gasteiger partial charge in [0, 0.05) is 17.6 Å². The van der Waals surface area contributed by atoms with Crippen molar-refractivity contribution in [2.45, 2.75) is 6.42 Å². The van der Waals surface area contributed by atoms with Crippen LogP contribution < -0.4 is 0 Å². The molecule has 152 valence electrons. The normalized spacial score (nSPS) is 11.1. The zero-order chi connectivity index (χ0) is 21.4. The van der Waals surface area contributed by atoms with Crippen molar-refractivity contribution in [2.75, 3.05) is 0 Å². The highest BCUT2D eigenvalue weighted by Crippen LogP contribution is 2.32. The Kier molecular flexibility index (Phi) is 6.03. The molecule has 0 radical (unpaired) electrons. The topological polar surface area (TPSA) is 30.7 Å². The van der Waals surface area contributed by atoms with Crippen molar-refractivity contribution < 1.29 is 4.39 Å². The first kappa shape index (κ1) is 21.1. The molecule has 4 aromatic rings. The second-order valence-electron chi connectivity index (χ2n) is 6.71. The summed E-state index contributed by atoms with van der Waals surface area (Å²) in [7, 11) is 1.73. The van der Waals surface area contributed by atoms with Gasteiger partial charge in [0.25, 0.3) is 0 Å². The van der Waals surface area contributed by atoms with Crippen LogP contribution in [-0.4, -0.2) is 14.8 Å². The number of hydrogen-bond acceptors (Lipinski definition) is 2. The van der Waals surface area contributed by atoms with Crippen LogP contribution in [0.4, 0.5) is 4.39 Å². The van der Waals surface area contributed by atoms with E-state index in [1.54, 1.807) is 23.9 Å². The van der Waals surface area contributed by atoms with E-state index in [1.165, 1.54) is 12.1 Å². The third-order valence-electron chi connectivity index (χ3n) is 4.64. The highest BCUT2D eigenvalue weighted by Gasteiger charge is 2.18. The standard InChI is InChI=1S/C22H14Cl4FN3/c1-30-22(28-21(29-30)20-16(24)3-2-4-19(20)27)14-7-6-13(17(25)11-14)9-12-5-8-15(23)18(26)10-12/h2-8,10-11H,9H2,1H3. The summed E-state index contributed by atoms with van der Waals surface area (Å²) in [4.78, 5) is 4.48. The molecule has 8 heteroatoms. The van der Waals surface area contributed by atoms with Gasteiger partial charge < -0.3 is 0 Å². The lowest BCUT2D eigenvalue weighted by molar-refractivity contribution is 0.629. The maximum atomic E-state index is 14.2. The number of aromatic nitrogens is 3. The van der Waals surface area contributed by atoms with E-state index >= 15 is 0 Å². The molecule has 0 spiro atoms. The first-order valence-electron chi connectivity index (χ1n) is 8.91. The molecule has 3 nitrogen and oxygen atoms in total. The van der Waals surface area contributed by atoms with Crippen LogP contribution in [0.25, 0.3) is 22.8 Å². The molecule has 0 aliphatic carbocycles. The second kappa shape index (κ2) is 8.56. The van der Waals surface area contributed by atoms with Crippen LogP contribution in [0.5, 0.6) is 0 Å². The van der Waals surface area contributed by atoms with Gasteiger partial charge in [0.1, 0.15) is 5.82 Å². The number of rotatable bonds is 4. The highest BCUT2D eigenvalue weighted by molar-refractivity contribution is 6.42. The molecule has 0 fully saturated rings. The Hall–Kier alpha value is -2.11. The van der Waals surface area contributed by atoms with Gasteiger partial charge in [0.2, 0.25) is 0 Å². The van der Waals surface area contributed by atoms with Crippen LogP contribution in [0.2, 0.25) is 20.1 Å². The van der Waals surface area contributed by atoms with Gasteiger partial charge >= 0.3 is 0 Å². The highest BCUT2D eigenvalue weighted by atomic mass is 35.5. The van der Waals surface area contributed by atoms with Gasteiger partial charge in [-0.3, -0.25) is 0 Å². The van der Waals surface area contributed by atoms with E-state index in [9.17, 15) is 4.39 Å². The third kappa shape index (κ3) is 4.19. The summed E-state index contributed by atoms with van der Waals surface area (Å²) >= 11 is 24.8. The smallest absolute Gasteiger partial charge is 0.186 e. The summed E-state index contributed by atoms with van der Waals surface area (Å²) in [5.74, 6) is 0.286. The van der Waals surface area contributed by atoms with E-state index < -0.39 is 5.82 Å². The Morgan fingerprint density at radius 1 is 0.867 bits per heavy atom. The molecule has 4 rings (SSSR count). The van der Waals surface area contributed by atoms with Crippen LogP contribution in [0.3, 0.4) is 0 Å². The molecule has 1 aromatic heterocycles. The van der Waals surface area contributed by atoms with Crippen molar-refractivity contribution >= 4 is 46.4 Å². The van der Waals surface area contributed by atoms with Crippen molar-refractivity contribution in [1.82, 2.24) is 14.8 Å². The molecule has 0 saturated carbocycles. The molecule has 0 saturated heterocycles. The molecule has 0 N–H and O–H groups in total. The van der Waals surface area contributed by atoms with Crippen molar-refractivity contribution in [3.05, 3.63) is 91.6 Å². The number of benzene rings is 3. The summed E-state index contributed by atoms with van der Waals surface area (Å²) in [6, 6.07) is 15.6. The molecule has 0 aliphatic heterocycles. The van der Waals surface area contributed by atoms with Crippen LogP contribution in [0.1, 0.15) is 11.1 Å². The first-order valence-corrected chi connectivity index (χ1v) is 10.4. The fraction of sp³-hybridized carbons (Fsp3) is 0.0909. The molecule has 0 bridgehead atoms. The van der Waals surface area contributed by atoms with Crippen LogP contribution in [0, 0.1) is 5.82 Å². The zero-order valence-electron chi connectivity index (χ0n) is 15.6. The second-order valence-corrected chi connectivity index (χ2v) is 8.34. The Labute approximate surface area is 193 Å². The van der Waals surface area contributed by atoms with E-state index in [-0.39, 0.29) is 16.4 Å². The number of aryl methyl sites for hydroxylation is 1.